The van der Waals surface area contributed by atoms with Gasteiger partial charge in [0.05, 0.1) is 6.07 Å². The van der Waals surface area contributed by atoms with Gasteiger partial charge in [0.2, 0.25) is 11.8 Å². The van der Waals surface area contributed by atoms with Gasteiger partial charge in [0.1, 0.15) is 5.41 Å². The van der Waals surface area contributed by atoms with Crippen LogP contribution in [0.4, 0.5) is 0 Å². The number of amides is 2. The van der Waals surface area contributed by atoms with Gasteiger partial charge in [-0.1, -0.05) is 0 Å². The molecule has 0 N–H and O–H groups in total. The number of carbonyl (C=O) groups is 2. The smallest absolute Gasteiger partial charge is 0.243 e. The van der Waals surface area contributed by atoms with E-state index < -0.39 is 5.41 Å². The molecule has 0 radical (unpaired) electrons. The van der Waals surface area contributed by atoms with Crippen LogP contribution < -0.4 is 0 Å². The maximum Gasteiger partial charge on any atom is 0.243 e. The first-order valence-electron chi connectivity index (χ1n) is 6.16. The highest BCUT2D eigenvalue weighted by Gasteiger charge is 2.53. The minimum absolute atomic E-state index is 0.0148. The molecule has 3 rings (SSSR count). The van der Waals surface area contributed by atoms with Gasteiger partial charge in [-0.05, 0) is 19.3 Å². The molecule has 5 heteroatoms. The Kier molecular flexibility index (Phi) is 2.15. The van der Waals surface area contributed by atoms with Crippen molar-refractivity contribution in [3.05, 3.63) is 0 Å². The summed E-state index contributed by atoms with van der Waals surface area (Å²) >= 11 is 0. The Balaban J connectivity index is 1.70. The lowest BCUT2D eigenvalue weighted by Gasteiger charge is -2.38. The molecule has 2 aliphatic heterocycles. The second-order valence-corrected chi connectivity index (χ2v) is 5.22. The fraction of sp³-hybridized carbons (Fsp3) is 0.750. The molecule has 90 valence electrons. The molecule has 0 aromatic carbocycles. The first-order valence-corrected chi connectivity index (χ1v) is 6.16. The molecule has 2 heterocycles. The minimum atomic E-state index is -0.717. The van der Waals surface area contributed by atoms with Crippen molar-refractivity contribution in [3.8, 4) is 6.07 Å². The number of nitriles is 1. The van der Waals surface area contributed by atoms with Gasteiger partial charge in [-0.15, -0.1) is 0 Å². The van der Waals surface area contributed by atoms with Crippen molar-refractivity contribution in [1.29, 1.82) is 5.26 Å². The van der Waals surface area contributed by atoms with Crippen molar-refractivity contribution in [2.75, 3.05) is 19.6 Å². The Morgan fingerprint density at radius 1 is 1.41 bits per heavy atom. The number of hydrogen-bond acceptors (Lipinski definition) is 3. The van der Waals surface area contributed by atoms with Gasteiger partial charge >= 0.3 is 0 Å². The SMILES string of the molecule is N#CC1(C(=O)N2CCN3C(=O)CCC3C2)CC1. The molecule has 0 bridgehead atoms. The Bertz CT molecular complexity index is 422. The zero-order valence-corrected chi connectivity index (χ0v) is 9.69. The van der Waals surface area contributed by atoms with Crippen LogP contribution in [-0.4, -0.2) is 47.3 Å². The third-order valence-electron chi connectivity index (χ3n) is 4.16. The van der Waals surface area contributed by atoms with E-state index in [0.29, 0.717) is 38.9 Å². The van der Waals surface area contributed by atoms with Gasteiger partial charge < -0.3 is 9.80 Å². The zero-order chi connectivity index (χ0) is 12.0. The van der Waals surface area contributed by atoms with Crippen molar-refractivity contribution in [2.45, 2.75) is 31.7 Å². The summed E-state index contributed by atoms with van der Waals surface area (Å²) in [4.78, 5) is 27.4. The summed E-state index contributed by atoms with van der Waals surface area (Å²) in [7, 11) is 0. The summed E-state index contributed by atoms with van der Waals surface area (Å²) < 4.78 is 0. The second-order valence-electron chi connectivity index (χ2n) is 5.22. The van der Waals surface area contributed by atoms with Crippen molar-refractivity contribution >= 4 is 11.8 Å². The van der Waals surface area contributed by atoms with E-state index in [0.717, 1.165) is 6.42 Å². The molecule has 1 saturated carbocycles. The summed E-state index contributed by atoms with van der Waals surface area (Å²) in [6, 6.07) is 2.34. The van der Waals surface area contributed by atoms with Crippen LogP contribution in [-0.2, 0) is 9.59 Å². The molecule has 3 fully saturated rings. The fourth-order valence-corrected chi connectivity index (χ4v) is 2.85. The van der Waals surface area contributed by atoms with Gasteiger partial charge in [-0.2, -0.15) is 5.26 Å². The third kappa shape index (κ3) is 1.51. The summed E-state index contributed by atoms with van der Waals surface area (Å²) in [5.41, 5.74) is -0.717. The van der Waals surface area contributed by atoms with E-state index in [4.69, 9.17) is 5.26 Å². The maximum atomic E-state index is 12.2. The molecule has 5 nitrogen and oxygen atoms in total. The summed E-state index contributed by atoms with van der Waals surface area (Å²) in [6.45, 7) is 1.84. The molecule has 0 aromatic rings. The third-order valence-corrected chi connectivity index (χ3v) is 4.16. The molecule has 17 heavy (non-hydrogen) atoms. The summed E-state index contributed by atoms with van der Waals surface area (Å²) in [5.74, 6) is 0.197. The molecule has 3 aliphatic rings. The lowest BCUT2D eigenvalue weighted by atomic mass is 10.1. The monoisotopic (exact) mass is 233 g/mol. The number of rotatable bonds is 1. The number of hydrogen-bond donors (Lipinski definition) is 0. The van der Waals surface area contributed by atoms with Crippen molar-refractivity contribution in [3.63, 3.8) is 0 Å². The number of nitrogens with zero attached hydrogens (tertiary/aromatic N) is 3. The average molecular weight is 233 g/mol. The highest BCUT2D eigenvalue weighted by atomic mass is 16.2. The molecule has 2 saturated heterocycles. The van der Waals surface area contributed by atoms with Crippen LogP contribution in [0.1, 0.15) is 25.7 Å². The standard InChI is InChI=1S/C12H15N3O2/c13-8-12(3-4-12)11(17)14-5-6-15-9(7-14)1-2-10(15)16/h9H,1-7H2. The number of piperazine rings is 1. The first-order chi connectivity index (χ1) is 8.16. The average Bonchev–Trinajstić information content (AvgIpc) is 3.08. The molecule has 1 atom stereocenters. The fourth-order valence-electron chi connectivity index (χ4n) is 2.85. The van der Waals surface area contributed by atoms with Crippen LogP contribution in [0.25, 0.3) is 0 Å². The summed E-state index contributed by atoms with van der Waals surface area (Å²) in [6.07, 6.45) is 2.86. The van der Waals surface area contributed by atoms with E-state index in [2.05, 4.69) is 6.07 Å². The molecule has 1 unspecified atom stereocenters. The Labute approximate surface area is 100.0 Å². The molecular formula is C12H15N3O2. The molecular weight excluding hydrogens is 218 g/mol. The van der Waals surface area contributed by atoms with E-state index in [9.17, 15) is 9.59 Å². The van der Waals surface area contributed by atoms with Gasteiger partial charge in [-0.3, -0.25) is 9.59 Å². The Morgan fingerprint density at radius 3 is 2.82 bits per heavy atom. The van der Waals surface area contributed by atoms with E-state index in [1.807, 2.05) is 4.90 Å². The second kappa shape index (κ2) is 3.46. The molecule has 0 aromatic heterocycles. The van der Waals surface area contributed by atoms with E-state index in [1.165, 1.54) is 0 Å². The van der Waals surface area contributed by atoms with Crippen LogP contribution in [0.3, 0.4) is 0 Å². The Morgan fingerprint density at radius 2 is 2.18 bits per heavy atom. The van der Waals surface area contributed by atoms with Crippen LogP contribution in [0.5, 0.6) is 0 Å². The van der Waals surface area contributed by atoms with Gasteiger partial charge in [0.15, 0.2) is 0 Å². The lowest BCUT2D eigenvalue weighted by molar-refractivity contribution is -0.141. The van der Waals surface area contributed by atoms with Crippen molar-refractivity contribution in [2.24, 2.45) is 5.41 Å². The predicted octanol–water partition coefficient (Wildman–Crippen LogP) is 0.123. The Hall–Kier alpha value is -1.57. The maximum absolute atomic E-state index is 12.2. The van der Waals surface area contributed by atoms with E-state index in [1.54, 1.807) is 4.90 Å². The van der Waals surface area contributed by atoms with Crippen molar-refractivity contribution < 1.29 is 9.59 Å². The van der Waals surface area contributed by atoms with E-state index in [-0.39, 0.29) is 17.9 Å². The minimum Gasteiger partial charge on any atom is -0.337 e. The van der Waals surface area contributed by atoms with Crippen LogP contribution in [0.2, 0.25) is 0 Å². The molecule has 2 amide bonds. The van der Waals surface area contributed by atoms with Gasteiger partial charge in [-0.25, -0.2) is 0 Å². The summed E-state index contributed by atoms with van der Waals surface area (Å²) in [5, 5.41) is 9.03. The highest BCUT2D eigenvalue weighted by Crippen LogP contribution is 2.46. The zero-order valence-electron chi connectivity index (χ0n) is 9.69. The normalized spacial score (nSPS) is 29.8. The quantitative estimate of drug-likeness (QED) is 0.646. The highest BCUT2D eigenvalue weighted by molar-refractivity contribution is 5.88. The lowest BCUT2D eigenvalue weighted by Crippen LogP contribution is -2.54. The van der Waals surface area contributed by atoms with Gasteiger partial charge in [0, 0.05) is 32.1 Å². The van der Waals surface area contributed by atoms with Crippen LogP contribution in [0, 0.1) is 16.7 Å². The molecule has 0 spiro atoms. The first kappa shape index (κ1) is 10.6. The molecule has 1 aliphatic carbocycles. The van der Waals surface area contributed by atoms with Gasteiger partial charge in [0.25, 0.3) is 0 Å². The predicted molar refractivity (Wildman–Crippen MR) is 58.6 cm³/mol. The van der Waals surface area contributed by atoms with Crippen molar-refractivity contribution in [1.82, 2.24) is 9.80 Å². The van der Waals surface area contributed by atoms with Crippen LogP contribution in [0.15, 0.2) is 0 Å². The van der Waals surface area contributed by atoms with Crippen LogP contribution >= 0.6 is 0 Å². The largest absolute Gasteiger partial charge is 0.337 e. The topological polar surface area (TPSA) is 64.4 Å². The van der Waals surface area contributed by atoms with E-state index >= 15 is 0 Å². The number of carbonyl (C=O) groups excluding carboxylic acids is 2. The number of fused-ring (bicyclic) bond motifs is 1.